The Bertz CT molecular complexity index is 511. The lowest BCUT2D eigenvalue weighted by Gasteiger charge is -2.29. The quantitative estimate of drug-likeness (QED) is 0.476. The van der Waals surface area contributed by atoms with E-state index in [0.29, 0.717) is 24.2 Å². The van der Waals surface area contributed by atoms with Crippen molar-refractivity contribution in [3.05, 3.63) is 39.4 Å². The third-order valence-corrected chi connectivity index (χ3v) is 3.80. The van der Waals surface area contributed by atoms with Crippen molar-refractivity contribution in [2.24, 2.45) is 0 Å². The molecule has 6 heteroatoms. The second-order valence-electron chi connectivity index (χ2n) is 4.72. The zero-order chi connectivity index (χ0) is 14.0. The smallest absolute Gasteiger partial charge is 0.269 e. The molecule has 1 heterocycles. The van der Waals surface area contributed by atoms with Crippen LogP contribution in [0, 0.1) is 17.0 Å². The molecule has 0 saturated carbocycles. The highest BCUT2D eigenvalue weighted by Gasteiger charge is 2.24. The van der Waals surface area contributed by atoms with E-state index in [1.165, 1.54) is 18.2 Å². The lowest BCUT2D eigenvalue weighted by molar-refractivity contribution is -0.384. The summed E-state index contributed by atoms with van der Waals surface area (Å²) in [5.74, 6) is -0.0732. The van der Waals surface area contributed by atoms with Gasteiger partial charge in [-0.3, -0.25) is 14.9 Å². The summed E-state index contributed by atoms with van der Waals surface area (Å²) in [5, 5.41) is 10.8. The van der Waals surface area contributed by atoms with Gasteiger partial charge in [-0.25, -0.2) is 0 Å². The van der Waals surface area contributed by atoms with Crippen LogP contribution in [0.15, 0.2) is 18.2 Å². The molecular formula is C13H15ClN2O3. The van der Waals surface area contributed by atoms with Crippen LogP contribution < -0.4 is 0 Å². The maximum atomic E-state index is 12.3. The van der Waals surface area contributed by atoms with Gasteiger partial charge < -0.3 is 4.90 Å². The number of hydrogen-bond donors (Lipinski definition) is 0. The number of nitro benzene ring substituents is 1. The Morgan fingerprint density at radius 3 is 2.58 bits per heavy atom. The Balaban J connectivity index is 2.17. The van der Waals surface area contributed by atoms with E-state index in [1.807, 2.05) is 0 Å². The van der Waals surface area contributed by atoms with Crippen molar-refractivity contribution in [2.75, 3.05) is 13.1 Å². The predicted octanol–water partition coefficient (Wildman–Crippen LogP) is 2.75. The van der Waals surface area contributed by atoms with E-state index in [1.54, 1.807) is 11.8 Å². The lowest BCUT2D eigenvalue weighted by Crippen LogP contribution is -2.39. The Hall–Kier alpha value is -1.62. The fourth-order valence-electron chi connectivity index (χ4n) is 2.22. The number of halogens is 1. The summed E-state index contributed by atoms with van der Waals surface area (Å²) in [5.41, 5.74) is 1.17. The molecule has 2 rings (SSSR count). The van der Waals surface area contributed by atoms with Crippen LogP contribution in [0.3, 0.4) is 0 Å². The number of hydrogen-bond acceptors (Lipinski definition) is 3. The minimum atomic E-state index is -0.458. The van der Waals surface area contributed by atoms with Crippen molar-refractivity contribution in [1.29, 1.82) is 0 Å². The highest BCUT2D eigenvalue weighted by Crippen LogP contribution is 2.21. The maximum Gasteiger partial charge on any atom is 0.269 e. The molecule has 1 saturated heterocycles. The molecule has 1 fully saturated rings. The number of carbonyl (C=O) groups is 1. The molecule has 1 aromatic rings. The van der Waals surface area contributed by atoms with Gasteiger partial charge in [-0.15, -0.1) is 11.6 Å². The number of likely N-dealkylation sites (tertiary alicyclic amines) is 1. The molecule has 0 radical (unpaired) electrons. The SMILES string of the molecule is Cc1cc([N+](=O)[O-])ccc1C(=O)N1CCC(Cl)CC1. The van der Waals surface area contributed by atoms with Crippen LogP contribution in [0.4, 0.5) is 5.69 Å². The average molecular weight is 283 g/mol. The van der Waals surface area contributed by atoms with Crippen LogP contribution in [0.1, 0.15) is 28.8 Å². The Morgan fingerprint density at radius 2 is 2.05 bits per heavy atom. The summed E-state index contributed by atoms with van der Waals surface area (Å²) in [6.45, 7) is 3.00. The number of nitrogens with zero attached hydrogens (tertiary/aromatic N) is 2. The normalized spacial score (nSPS) is 16.4. The number of benzene rings is 1. The van der Waals surface area contributed by atoms with Crippen LogP contribution in [0.2, 0.25) is 0 Å². The molecule has 0 aromatic heterocycles. The summed E-state index contributed by atoms with van der Waals surface area (Å²) < 4.78 is 0. The zero-order valence-electron chi connectivity index (χ0n) is 10.6. The van der Waals surface area contributed by atoms with Gasteiger partial charge >= 0.3 is 0 Å². The monoisotopic (exact) mass is 282 g/mol. The molecule has 19 heavy (non-hydrogen) atoms. The fraction of sp³-hybridized carbons (Fsp3) is 0.462. The molecule has 1 amide bonds. The van der Waals surface area contributed by atoms with Gasteiger partial charge in [0.15, 0.2) is 0 Å². The van der Waals surface area contributed by atoms with Crippen LogP contribution >= 0.6 is 11.6 Å². The summed E-state index contributed by atoms with van der Waals surface area (Å²) in [6.07, 6.45) is 1.58. The summed E-state index contributed by atoms with van der Waals surface area (Å²) in [4.78, 5) is 24.3. The average Bonchev–Trinajstić information content (AvgIpc) is 2.38. The van der Waals surface area contributed by atoms with Gasteiger partial charge in [-0.2, -0.15) is 0 Å². The molecule has 0 N–H and O–H groups in total. The number of alkyl halides is 1. The van der Waals surface area contributed by atoms with Crippen LogP contribution in [-0.2, 0) is 0 Å². The van der Waals surface area contributed by atoms with Gasteiger partial charge in [-0.1, -0.05) is 0 Å². The van der Waals surface area contributed by atoms with E-state index in [9.17, 15) is 14.9 Å². The molecular weight excluding hydrogens is 268 g/mol. The minimum absolute atomic E-state index is 0.00789. The van der Waals surface area contributed by atoms with Gasteiger partial charge in [0.25, 0.3) is 11.6 Å². The lowest BCUT2D eigenvalue weighted by atomic mass is 10.0. The van der Waals surface area contributed by atoms with Gasteiger partial charge in [0.05, 0.1) is 4.92 Å². The number of piperidine rings is 1. The molecule has 1 aliphatic rings. The molecule has 0 spiro atoms. The maximum absolute atomic E-state index is 12.3. The van der Waals surface area contributed by atoms with Crippen LogP contribution in [-0.4, -0.2) is 34.2 Å². The zero-order valence-corrected chi connectivity index (χ0v) is 11.4. The molecule has 0 atom stereocenters. The molecule has 1 aromatic carbocycles. The van der Waals surface area contributed by atoms with E-state index in [-0.39, 0.29) is 17.0 Å². The minimum Gasteiger partial charge on any atom is -0.339 e. The molecule has 0 aliphatic carbocycles. The van der Waals surface area contributed by atoms with Gasteiger partial charge in [0.1, 0.15) is 0 Å². The number of rotatable bonds is 2. The number of carbonyl (C=O) groups excluding carboxylic acids is 1. The van der Waals surface area contributed by atoms with Crippen LogP contribution in [0.25, 0.3) is 0 Å². The Morgan fingerprint density at radius 1 is 1.42 bits per heavy atom. The van der Waals surface area contributed by atoms with E-state index in [0.717, 1.165) is 12.8 Å². The Labute approximate surface area is 116 Å². The number of nitro groups is 1. The molecule has 0 bridgehead atoms. The first-order valence-electron chi connectivity index (χ1n) is 6.17. The molecule has 0 unspecified atom stereocenters. The van der Waals surface area contributed by atoms with E-state index >= 15 is 0 Å². The number of non-ortho nitro benzene ring substituents is 1. The largest absolute Gasteiger partial charge is 0.339 e. The third kappa shape index (κ3) is 3.04. The first kappa shape index (κ1) is 13.8. The first-order valence-corrected chi connectivity index (χ1v) is 6.61. The fourth-order valence-corrected chi connectivity index (χ4v) is 2.42. The van der Waals surface area contributed by atoms with Crippen molar-refractivity contribution in [1.82, 2.24) is 4.90 Å². The van der Waals surface area contributed by atoms with Crippen molar-refractivity contribution >= 4 is 23.2 Å². The van der Waals surface area contributed by atoms with E-state index < -0.39 is 4.92 Å². The predicted molar refractivity (Wildman–Crippen MR) is 72.6 cm³/mol. The van der Waals surface area contributed by atoms with E-state index in [2.05, 4.69) is 0 Å². The number of aryl methyl sites for hydroxylation is 1. The van der Waals surface area contributed by atoms with Crippen molar-refractivity contribution in [3.8, 4) is 0 Å². The van der Waals surface area contributed by atoms with E-state index in [4.69, 9.17) is 11.6 Å². The van der Waals surface area contributed by atoms with Gasteiger partial charge in [-0.05, 0) is 31.4 Å². The third-order valence-electron chi connectivity index (χ3n) is 3.36. The second-order valence-corrected chi connectivity index (χ2v) is 5.34. The first-order chi connectivity index (χ1) is 8.99. The standard InChI is InChI=1S/C13H15ClN2O3/c1-9-8-11(16(18)19)2-3-12(9)13(17)15-6-4-10(14)5-7-15/h2-3,8,10H,4-7H2,1H3. The molecule has 102 valence electrons. The van der Waals surface area contributed by atoms with Crippen molar-refractivity contribution in [2.45, 2.75) is 25.1 Å². The molecule has 5 nitrogen and oxygen atoms in total. The van der Waals surface area contributed by atoms with Crippen molar-refractivity contribution in [3.63, 3.8) is 0 Å². The second kappa shape index (κ2) is 5.57. The summed E-state index contributed by atoms with van der Waals surface area (Å²) in [6, 6.07) is 4.33. The highest BCUT2D eigenvalue weighted by molar-refractivity contribution is 6.20. The highest BCUT2D eigenvalue weighted by atomic mass is 35.5. The topological polar surface area (TPSA) is 63.5 Å². The van der Waals surface area contributed by atoms with Gasteiger partial charge in [0, 0.05) is 36.2 Å². The Kier molecular flexibility index (Phi) is 4.04. The number of amides is 1. The molecule has 1 aliphatic heterocycles. The van der Waals surface area contributed by atoms with Crippen molar-refractivity contribution < 1.29 is 9.72 Å². The van der Waals surface area contributed by atoms with Crippen LogP contribution in [0.5, 0.6) is 0 Å². The summed E-state index contributed by atoms with van der Waals surface area (Å²) >= 11 is 6.01. The summed E-state index contributed by atoms with van der Waals surface area (Å²) in [7, 11) is 0. The van der Waals surface area contributed by atoms with Gasteiger partial charge in [0.2, 0.25) is 0 Å².